The maximum atomic E-state index is 12.5. The summed E-state index contributed by atoms with van der Waals surface area (Å²) in [5.41, 5.74) is -0.322. The zero-order valence-electron chi connectivity index (χ0n) is 12.4. The molecule has 0 aliphatic rings. The number of esters is 1. The molecular weight excluding hydrogens is 262 g/mol. The topological polar surface area (TPSA) is 46.6 Å². The third-order valence-electron chi connectivity index (χ3n) is 3.19. The minimum Gasteiger partial charge on any atom is -0.464 e. The van der Waals surface area contributed by atoms with Gasteiger partial charge in [-0.1, -0.05) is 0 Å². The van der Waals surface area contributed by atoms with Crippen molar-refractivity contribution in [3.8, 4) is 0 Å². The molecule has 5 heteroatoms. The van der Waals surface area contributed by atoms with Crippen molar-refractivity contribution in [1.29, 1.82) is 0 Å². The molecule has 0 saturated carbocycles. The first-order valence-electron chi connectivity index (χ1n) is 6.24. The number of carbonyl (C=O) groups excluding carboxylic acids is 2. The highest BCUT2D eigenvalue weighted by atomic mass is 32.1. The van der Waals surface area contributed by atoms with E-state index in [9.17, 15) is 9.59 Å². The molecule has 0 aromatic carbocycles. The third kappa shape index (κ3) is 3.15. The Kier molecular flexibility index (Phi) is 4.74. The van der Waals surface area contributed by atoms with E-state index in [1.165, 1.54) is 4.90 Å². The average Bonchev–Trinajstić information content (AvgIpc) is 2.66. The first-order valence-corrected chi connectivity index (χ1v) is 7.05. The van der Waals surface area contributed by atoms with Crippen LogP contribution in [0, 0.1) is 13.8 Å². The molecule has 0 saturated heterocycles. The Labute approximate surface area is 118 Å². The van der Waals surface area contributed by atoms with Crippen molar-refractivity contribution in [3.63, 3.8) is 0 Å². The molecule has 1 rings (SSSR count). The predicted octanol–water partition coefficient (Wildman–Crippen LogP) is 2.78. The summed E-state index contributed by atoms with van der Waals surface area (Å²) in [7, 11) is 1.63. The van der Waals surface area contributed by atoms with Gasteiger partial charge in [0.05, 0.1) is 12.2 Å². The Balaban J connectivity index is 2.99. The molecule has 0 unspecified atom stereocenters. The Bertz CT molecular complexity index is 491. The van der Waals surface area contributed by atoms with E-state index in [0.29, 0.717) is 12.2 Å². The highest BCUT2D eigenvalue weighted by Gasteiger charge is 2.37. The van der Waals surface area contributed by atoms with E-state index >= 15 is 0 Å². The van der Waals surface area contributed by atoms with Gasteiger partial charge in [0.1, 0.15) is 5.54 Å². The largest absolute Gasteiger partial charge is 0.464 e. The van der Waals surface area contributed by atoms with E-state index in [1.54, 1.807) is 39.2 Å². The monoisotopic (exact) mass is 283 g/mol. The smallest absolute Gasteiger partial charge is 0.331 e. The lowest BCUT2D eigenvalue weighted by atomic mass is 10.0. The lowest BCUT2D eigenvalue weighted by Gasteiger charge is -2.33. The van der Waals surface area contributed by atoms with Gasteiger partial charge in [-0.3, -0.25) is 4.79 Å². The second kappa shape index (κ2) is 5.74. The highest BCUT2D eigenvalue weighted by molar-refractivity contribution is 7.12. The van der Waals surface area contributed by atoms with Gasteiger partial charge in [-0.25, -0.2) is 4.79 Å². The van der Waals surface area contributed by atoms with E-state index in [-0.39, 0.29) is 5.91 Å². The van der Waals surface area contributed by atoms with Crippen LogP contribution in [0.3, 0.4) is 0 Å². The maximum Gasteiger partial charge on any atom is 0.331 e. The molecule has 0 fully saturated rings. The number of nitrogens with zero attached hydrogens (tertiary/aromatic N) is 1. The Morgan fingerprint density at radius 3 is 2.37 bits per heavy atom. The van der Waals surface area contributed by atoms with Crippen molar-refractivity contribution < 1.29 is 14.3 Å². The van der Waals surface area contributed by atoms with Gasteiger partial charge in [0.15, 0.2) is 0 Å². The molecule has 0 aliphatic carbocycles. The van der Waals surface area contributed by atoms with Gasteiger partial charge < -0.3 is 9.64 Å². The molecule has 106 valence electrons. The SMILES string of the molecule is CCOC(=O)C(C)(C)N(C)C(=O)c1cc(C)sc1C. The normalized spacial score (nSPS) is 11.3. The number of carbonyl (C=O) groups is 2. The van der Waals surface area contributed by atoms with Gasteiger partial charge in [0, 0.05) is 16.8 Å². The number of likely N-dealkylation sites (N-methyl/N-ethyl adjacent to an activating group) is 1. The van der Waals surface area contributed by atoms with Crippen LogP contribution < -0.4 is 0 Å². The standard InChI is InChI=1S/C14H21NO3S/c1-7-18-13(17)14(4,5)15(6)12(16)11-8-9(2)19-10(11)3/h8H,7H2,1-6H3. The number of hydrogen-bond donors (Lipinski definition) is 0. The Morgan fingerprint density at radius 1 is 1.37 bits per heavy atom. The second-order valence-corrected chi connectivity index (χ2v) is 6.43. The molecule has 19 heavy (non-hydrogen) atoms. The second-order valence-electron chi connectivity index (χ2n) is 4.97. The average molecular weight is 283 g/mol. The summed E-state index contributed by atoms with van der Waals surface area (Å²) >= 11 is 1.58. The minimum atomic E-state index is -0.977. The van der Waals surface area contributed by atoms with Crippen molar-refractivity contribution >= 4 is 23.2 Å². The molecule has 1 amide bonds. The first-order chi connectivity index (χ1) is 8.71. The van der Waals surface area contributed by atoms with Crippen molar-refractivity contribution in [1.82, 2.24) is 4.90 Å². The summed E-state index contributed by atoms with van der Waals surface area (Å²) in [5, 5.41) is 0. The summed E-state index contributed by atoms with van der Waals surface area (Å²) < 4.78 is 5.02. The molecule has 1 aromatic heterocycles. The third-order valence-corrected chi connectivity index (χ3v) is 4.16. The van der Waals surface area contributed by atoms with Crippen molar-refractivity contribution in [3.05, 3.63) is 21.4 Å². The Morgan fingerprint density at radius 2 is 1.95 bits per heavy atom. The number of rotatable bonds is 4. The van der Waals surface area contributed by atoms with Crippen LogP contribution in [0.25, 0.3) is 0 Å². The summed E-state index contributed by atoms with van der Waals surface area (Å²) in [6.45, 7) is 9.32. The number of thiophene rings is 1. The molecule has 4 nitrogen and oxygen atoms in total. The summed E-state index contributed by atoms with van der Waals surface area (Å²) in [5.74, 6) is -0.546. The molecule has 1 aromatic rings. The van der Waals surface area contributed by atoms with Gasteiger partial charge >= 0.3 is 5.97 Å². The molecule has 0 spiro atoms. The number of aryl methyl sites for hydroxylation is 2. The number of amides is 1. The highest BCUT2D eigenvalue weighted by Crippen LogP contribution is 2.25. The van der Waals surface area contributed by atoms with Gasteiger partial charge in [0.2, 0.25) is 0 Å². The van der Waals surface area contributed by atoms with Crippen LogP contribution in [-0.2, 0) is 9.53 Å². The van der Waals surface area contributed by atoms with Crippen LogP contribution in [0.1, 0.15) is 40.9 Å². The lowest BCUT2D eigenvalue weighted by Crippen LogP contribution is -2.51. The molecular formula is C14H21NO3S. The zero-order chi connectivity index (χ0) is 14.8. The fourth-order valence-electron chi connectivity index (χ4n) is 1.72. The molecule has 0 radical (unpaired) electrons. The van der Waals surface area contributed by atoms with Crippen molar-refractivity contribution in [2.24, 2.45) is 0 Å². The van der Waals surface area contributed by atoms with Gasteiger partial charge in [-0.15, -0.1) is 11.3 Å². The molecule has 0 aliphatic heterocycles. The molecule has 1 heterocycles. The van der Waals surface area contributed by atoms with Gasteiger partial charge in [-0.2, -0.15) is 0 Å². The Hall–Kier alpha value is -1.36. The molecule has 0 atom stereocenters. The van der Waals surface area contributed by atoms with Crippen LogP contribution in [-0.4, -0.2) is 36.0 Å². The van der Waals surface area contributed by atoms with E-state index in [2.05, 4.69) is 0 Å². The van der Waals surface area contributed by atoms with Gasteiger partial charge in [0.25, 0.3) is 5.91 Å². The number of ether oxygens (including phenoxy) is 1. The maximum absolute atomic E-state index is 12.5. The lowest BCUT2D eigenvalue weighted by molar-refractivity contribution is -0.153. The van der Waals surface area contributed by atoms with Crippen LogP contribution >= 0.6 is 11.3 Å². The first kappa shape index (κ1) is 15.7. The van der Waals surface area contributed by atoms with E-state index < -0.39 is 11.5 Å². The van der Waals surface area contributed by atoms with Crippen LogP contribution in [0.2, 0.25) is 0 Å². The van der Waals surface area contributed by atoms with E-state index in [1.807, 2.05) is 19.9 Å². The van der Waals surface area contributed by atoms with Crippen LogP contribution in [0.4, 0.5) is 0 Å². The fraction of sp³-hybridized carbons (Fsp3) is 0.571. The van der Waals surface area contributed by atoms with Crippen LogP contribution in [0.5, 0.6) is 0 Å². The van der Waals surface area contributed by atoms with Gasteiger partial charge in [-0.05, 0) is 40.7 Å². The number of hydrogen-bond acceptors (Lipinski definition) is 4. The molecule has 0 N–H and O–H groups in total. The van der Waals surface area contributed by atoms with E-state index in [4.69, 9.17) is 4.74 Å². The molecule has 0 bridgehead atoms. The summed E-state index contributed by atoms with van der Waals surface area (Å²) in [6, 6.07) is 1.86. The van der Waals surface area contributed by atoms with Crippen molar-refractivity contribution in [2.45, 2.75) is 40.2 Å². The fourth-order valence-corrected chi connectivity index (χ4v) is 2.64. The van der Waals surface area contributed by atoms with Crippen LogP contribution in [0.15, 0.2) is 6.07 Å². The van der Waals surface area contributed by atoms with Crippen molar-refractivity contribution in [2.75, 3.05) is 13.7 Å². The summed E-state index contributed by atoms with van der Waals surface area (Å²) in [6.07, 6.45) is 0. The zero-order valence-corrected chi connectivity index (χ0v) is 13.2. The summed E-state index contributed by atoms with van der Waals surface area (Å²) in [4.78, 5) is 27.9. The van der Waals surface area contributed by atoms with E-state index in [0.717, 1.165) is 9.75 Å². The quantitative estimate of drug-likeness (QED) is 0.798. The predicted molar refractivity (Wildman–Crippen MR) is 76.6 cm³/mol. The minimum absolute atomic E-state index is 0.153.